The first-order valence-electron chi connectivity index (χ1n) is 6.58. The van der Waals surface area contributed by atoms with Crippen LogP contribution in [0.1, 0.15) is 12.8 Å². The standard InChI is InChI=1S/C14H19ClN2O2/c15-12-1-3-13(4-2-12)17-14(18)9-16-7-5-11-6-8-19-10-11/h1-4,11,16H,5-10H2,(H,17,18). The summed E-state index contributed by atoms with van der Waals surface area (Å²) in [5.41, 5.74) is 0.764. The van der Waals surface area contributed by atoms with Crippen LogP contribution in [0, 0.1) is 5.92 Å². The van der Waals surface area contributed by atoms with Crippen molar-refractivity contribution in [3.8, 4) is 0 Å². The van der Waals surface area contributed by atoms with Gasteiger partial charge < -0.3 is 15.4 Å². The Morgan fingerprint density at radius 2 is 2.16 bits per heavy atom. The second-order valence-corrected chi connectivity index (χ2v) is 5.19. The molecular formula is C14H19ClN2O2. The zero-order valence-electron chi connectivity index (χ0n) is 10.8. The SMILES string of the molecule is O=C(CNCCC1CCOC1)Nc1ccc(Cl)cc1. The summed E-state index contributed by atoms with van der Waals surface area (Å²) < 4.78 is 5.31. The predicted octanol–water partition coefficient (Wildman–Crippen LogP) is 2.29. The van der Waals surface area contributed by atoms with Gasteiger partial charge in [0.15, 0.2) is 0 Å². The molecule has 5 heteroatoms. The van der Waals surface area contributed by atoms with Crippen LogP contribution in [0.5, 0.6) is 0 Å². The largest absolute Gasteiger partial charge is 0.381 e. The lowest BCUT2D eigenvalue weighted by Gasteiger charge is -2.09. The minimum atomic E-state index is -0.0370. The second kappa shape index (κ2) is 7.48. The molecule has 0 radical (unpaired) electrons. The zero-order valence-corrected chi connectivity index (χ0v) is 11.6. The van der Waals surface area contributed by atoms with Crippen molar-refractivity contribution in [2.75, 3.05) is 31.6 Å². The van der Waals surface area contributed by atoms with E-state index in [1.54, 1.807) is 24.3 Å². The molecule has 1 aliphatic rings. The number of hydrogen-bond acceptors (Lipinski definition) is 3. The molecule has 2 N–H and O–H groups in total. The molecule has 0 aromatic heterocycles. The molecule has 4 nitrogen and oxygen atoms in total. The van der Waals surface area contributed by atoms with E-state index in [0.29, 0.717) is 17.5 Å². The average molecular weight is 283 g/mol. The van der Waals surface area contributed by atoms with E-state index in [-0.39, 0.29) is 5.91 Å². The highest BCUT2D eigenvalue weighted by Gasteiger charge is 2.14. The molecule has 0 aliphatic carbocycles. The minimum Gasteiger partial charge on any atom is -0.381 e. The Morgan fingerprint density at radius 3 is 2.84 bits per heavy atom. The molecular weight excluding hydrogens is 264 g/mol. The average Bonchev–Trinajstić information content (AvgIpc) is 2.91. The Hall–Kier alpha value is -1.10. The van der Waals surface area contributed by atoms with E-state index < -0.39 is 0 Å². The highest BCUT2D eigenvalue weighted by atomic mass is 35.5. The van der Waals surface area contributed by atoms with E-state index in [4.69, 9.17) is 16.3 Å². The lowest BCUT2D eigenvalue weighted by molar-refractivity contribution is -0.115. The normalized spacial score (nSPS) is 18.5. The van der Waals surface area contributed by atoms with Gasteiger partial charge in [0, 0.05) is 23.9 Å². The zero-order chi connectivity index (χ0) is 13.5. The molecule has 1 aliphatic heterocycles. The summed E-state index contributed by atoms with van der Waals surface area (Å²) in [5.74, 6) is 0.608. The van der Waals surface area contributed by atoms with Gasteiger partial charge in [-0.1, -0.05) is 11.6 Å². The Balaban J connectivity index is 1.60. The molecule has 0 spiro atoms. The fraction of sp³-hybridized carbons (Fsp3) is 0.500. The fourth-order valence-electron chi connectivity index (χ4n) is 2.06. The Bertz CT molecular complexity index is 402. The molecule has 1 aromatic carbocycles. The molecule has 1 heterocycles. The van der Waals surface area contributed by atoms with E-state index in [1.165, 1.54) is 0 Å². The summed E-state index contributed by atoms with van der Waals surface area (Å²) in [5, 5.41) is 6.62. The van der Waals surface area contributed by atoms with Crippen molar-refractivity contribution < 1.29 is 9.53 Å². The third-order valence-electron chi connectivity index (χ3n) is 3.17. The van der Waals surface area contributed by atoms with Gasteiger partial charge in [-0.3, -0.25) is 4.79 Å². The van der Waals surface area contributed by atoms with Crippen LogP contribution in [0.2, 0.25) is 5.02 Å². The van der Waals surface area contributed by atoms with Gasteiger partial charge in [-0.2, -0.15) is 0 Å². The summed E-state index contributed by atoms with van der Waals surface area (Å²) in [6.45, 7) is 2.92. The van der Waals surface area contributed by atoms with Gasteiger partial charge >= 0.3 is 0 Å². The molecule has 0 saturated carbocycles. The molecule has 1 atom stereocenters. The molecule has 0 bridgehead atoms. The van der Waals surface area contributed by atoms with E-state index in [2.05, 4.69) is 10.6 Å². The molecule has 2 rings (SSSR count). The Morgan fingerprint density at radius 1 is 1.37 bits per heavy atom. The van der Waals surface area contributed by atoms with E-state index in [9.17, 15) is 4.79 Å². The highest BCUT2D eigenvalue weighted by Crippen LogP contribution is 2.15. The lowest BCUT2D eigenvalue weighted by atomic mass is 10.1. The van der Waals surface area contributed by atoms with Gasteiger partial charge in [0.25, 0.3) is 0 Å². The Kier molecular flexibility index (Phi) is 5.63. The minimum absolute atomic E-state index is 0.0370. The first kappa shape index (κ1) is 14.3. The van der Waals surface area contributed by atoms with Gasteiger partial charge in [0.05, 0.1) is 6.54 Å². The number of ether oxygens (including phenoxy) is 1. The van der Waals surface area contributed by atoms with Crippen LogP contribution in [0.25, 0.3) is 0 Å². The smallest absolute Gasteiger partial charge is 0.238 e. The van der Waals surface area contributed by atoms with Crippen molar-refractivity contribution in [1.29, 1.82) is 0 Å². The van der Waals surface area contributed by atoms with Crippen molar-refractivity contribution in [3.63, 3.8) is 0 Å². The monoisotopic (exact) mass is 282 g/mol. The first-order chi connectivity index (χ1) is 9.24. The summed E-state index contributed by atoms with van der Waals surface area (Å²) in [6.07, 6.45) is 2.20. The van der Waals surface area contributed by atoms with Gasteiger partial charge in [-0.05, 0) is 49.6 Å². The highest BCUT2D eigenvalue weighted by molar-refractivity contribution is 6.30. The molecule has 1 unspecified atom stereocenters. The van der Waals surface area contributed by atoms with Crippen molar-refractivity contribution in [2.24, 2.45) is 5.92 Å². The lowest BCUT2D eigenvalue weighted by Crippen LogP contribution is -2.29. The van der Waals surface area contributed by atoms with Crippen molar-refractivity contribution in [1.82, 2.24) is 5.32 Å². The topological polar surface area (TPSA) is 50.4 Å². The maximum absolute atomic E-state index is 11.7. The van der Waals surface area contributed by atoms with Gasteiger partial charge in [0.2, 0.25) is 5.91 Å². The molecule has 1 amide bonds. The molecule has 19 heavy (non-hydrogen) atoms. The maximum atomic E-state index is 11.7. The predicted molar refractivity (Wildman–Crippen MR) is 76.5 cm³/mol. The Labute approximate surface area is 118 Å². The molecule has 1 aromatic rings. The first-order valence-corrected chi connectivity index (χ1v) is 6.96. The number of benzene rings is 1. The molecule has 1 saturated heterocycles. The number of rotatable bonds is 6. The summed E-state index contributed by atoms with van der Waals surface area (Å²) in [6, 6.07) is 7.08. The van der Waals surface area contributed by atoms with Crippen molar-refractivity contribution in [2.45, 2.75) is 12.8 Å². The van der Waals surface area contributed by atoms with Crippen LogP contribution in [0.15, 0.2) is 24.3 Å². The van der Waals surface area contributed by atoms with Gasteiger partial charge in [-0.15, -0.1) is 0 Å². The molecule has 1 fully saturated rings. The maximum Gasteiger partial charge on any atom is 0.238 e. The number of carbonyl (C=O) groups is 1. The van der Waals surface area contributed by atoms with Crippen LogP contribution in [0.3, 0.4) is 0 Å². The number of halogens is 1. The van der Waals surface area contributed by atoms with E-state index in [1.807, 2.05) is 0 Å². The number of hydrogen-bond donors (Lipinski definition) is 2. The third-order valence-corrected chi connectivity index (χ3v) is 3.42. The number of amides is 1. The van der Waals surface area contributed by atoms with Crippen LogP contribution >= 0.6 is 11.6 Å². The third kappa shape index (κ3) is 5.19. The number of carbonyl (C=O) groups excluding carboxylic acids is 1. The van der Waals surface area contributed by atoms with Crippen LogP contribution in [0.4, 0.5) is 5.69 Å². The van der Waals surface area contributed by atoms with Crippen LogP contribution in [-0.2, 0) is 9.53 Å². The summed E-state index contributed by atoms with van der Waals surface area (Å²) in [4.78, 5) is 11.7. The van der Waals surface area contributed by atoms with Crippen LogP contribution in [-0.4, -0.2) is 32.2 Å². The number of nitrogens with one attached hydrogen (secondary N) is 2. The number of anilines is 1. The van der Waals surface area contributed by atoms with E-state index >= 15 is 0 Å². The summed E-state index contributed by atoms with van der Waals surface area (Å²) >= 11 is 5.78. The van der Waals surface area contributed by atoms with E-state index in [0.717, 1.165) is 38.3 Å². The fourth-order valence-corrected chi connectivity index (χ4v) is 2.18. The van der Waals surface area contributed by atoms with Gasteiger partial charge in [0.1, 0.15) is 0 Å². The van der Waals surface area contributed by atoms with Crippen molar-refractivity contribution in [3.05, 3.63) is 29.3 Å². The molecule has 104 valence electrons. The van der Waals surface area contributed by atoms with Gasteiger partial charge in [-0.25, -0.2) is 0 Å². The van der Waals surface area contributed by atoms with Crippen LogP contribution < -0.4 is 10.6 Å². The summed E-state index contributed by atoms with van der Waals surface area (Å²) in [7, 11) is 0. The van der Waals surface area contributed by atoms with Crippen molar-refractivity contribution >= 4 is 23.2 Å². The second-order valence-electron chi connectivity index (χ2n) is 4.75. The quantitative estimate of drug-likeness (QED) is 0.787.